The third-order valence-electron chi connectivity index (χ3n) is 2.84. The second-order valence-electron chi connectivity index (χ2n) is 6.16. The Morgan fingerprint density at radius 2 is 1.95 bits per heavy atom. The van der Waals surface area contributed by atoms with Crippen molar-refractivity contribution in [3.63, 3.8) is 0 Å². The van der Waals surface area contributed by atoms with Crippen molar-refractivity contribution in [1.29, 1.82) is 0 Å². The lowest BCUT2D eigenvalue weighted by Crippen LogP contribution is -2.48. The normalized spacial score (nSPS) is 12.0. The van der Waals surface area contributed by atoms with Crippen molar-refractivity contribution >= 4 is 11.9 Å². The molecule has 5 nitrogen and oxygen atoms in total. The summed E-state index contributed by atoms with van der Waals surface area (Å²) in [5.74, 6) is 0.198. The number of hydrogen-bond donors (Lipinski definition) is 3. The molecule has 3 N–H and O–H groups in total. The summed E-state index contributed by atoms with van der Waals surface area (Å²) in [5.41, 5.74) is 1.29. The maximum absolute atomic E-state index is 13.2. The van der Waals surface area contributed by atoms with Gasteiger partial charge in [0.2, 0.25) is 5.91 Å². The number of hydrogen-bond acceptors (Lipinski definition) is 2. The molecule has 6 heteroatoms. The van der Waals surface area contributed by atoms with Crippen molar-refractivity contribution in [3.8, 4) is 0 Å². The Morgan fingerprint density at radius 1 is 1.27 bits per heavy atom. The monoisotopic (exact) mass is 308 g/mol. The molecule has 1 amide bonds. The van der Waals surface area contributed by atoms with Crippen LogP contribution in [0.4, 0.5) is 4.39 Å². The van der Waals surface area contributed by atoms with Crippen LogP contribution in [0, 0.1) is 12.7 Å². The molecule has 0 fully saturated rings. The number of carbonyl (C=O) groups excluding carboxylic acids is 1. The number of carbonyl (C=O) groups is 1. The van der Waals surface area contributed by atoms with Crippen LogP contribution >= 0.6 is 0 Å². The van der Waals surface area contributed by atoms with Crippen LogP contribution in [0.25, 0.3) is 0 Å². The van der Waals surface area contributed by atoms with E-state index in [9.17, 15) is 9.18 Å². The highest BCUT2D eigenvalue weighted by Gasteiger charge is 2.13. The third kappa shape index (κ3) is 6.56. The van der Waals surface area contributed by atoms with E-state index in [-0.39, 0.29) is 23.8 Å². The van der Waals surface area contributed by atoms with E-state index in [1.807, 2.05) is 20.8 Å². The van der Waals surface area contributed by atoms with Crippen molar-refractivity contribution in [2.24, 2.45) is 4.99 Å². The molecule has 0 spiro atoms. The fourth-order valence-electron chi connectivity index (χ4n) is 1.85. The van der Waals surface area contributed by atoms with Crippen molar-refractivity contribution in [2.45, 2.75) is 39.8 Å². The molecule has 0 saturated heterocycles. The molecule has 0 unspecified atom stereocenters. The predicted molar refractivity (Wildman–Crippen MR) is 87.2 cm³/mol. The molecule has 0 saturated carbocycles. The number of nitrogens with zero attached hydrogens (tertiary/aromatic N) is 1. The molecule has 0 heterocycles. The van der Waals surface area contributed by atoms with Crippen molar-refractivity contribution in [3.05, 3.63) is 35.1 Å². The number of halogens is 1. The van der Waals surface area contributed by atoms with Gasteiger partial charge in [-0.3, -0.25) is 9.79 Å². The standard InChI is InChI=1S/C16H25FN4O/c1-11-8-12(6-7-13(11)17)9-19-15(18-5)20-10-14(22)21-16(2,3)4/h6-8H,9-10H2,1-5H3,(H,21,22)(H2,18,19,20). The van der Waals surface area contributed by atoms with Crippen LogP contribution in [0.1, 0.15) is 31.9 Å². The predicted octanol–water partition coefficient (Wildman–Crippen LogP) is 1.71. The molecule has 122 valence electrons. The van der Waals surface area contributed by atoms with Crippen LogP contribution in [0.15, 0.2) is 23.2 Å². The number of rotatable bonds is 4. The Labute approximate surface area is 131 Å². The van der Waals surface area contributed by atoms with E-state index in [0.717, 1.165) is 5.56 Å². The molecule has 1 rings (SSSR count). The zero-order valence-corrected chi connectivity index (χ0v) is 13.9. The minimum absolute atomic E-state index is 0.104. The minimum atomic E-state index is -0.263. The molecule has 0 aliphatic rings. The van der Waals surface area contributed by atoms with Gasteiger partial charge in [-0.05, 0) is 44.9 Å². The third-order valence-corrected chi connectivity index (χ3v) is 2.84. The first-order chi connectivity index (χ1) is 10.2. The summed E-state index contributed by atoms with van der Waals surface area (Å²) in [5, 5.41) is 8.89. The summed E-state index contributed by atoms with van der Waals surface area (Å²) >= 11 is 0. The number of aryl methyl sites for hydroxylation is 1. The summed E-state index contributed by atoms with van der Waals surface area (Å²) in [6.07, 6.45) is 0. The lowest BCUT2D eigenvalue weighted by atomic mass is 10.1. The zero-order valence-electron chi connectivity index (χ0n) is 13.9. The number of aliphatic imine (C=N–C) groups is 1. The highest BCUT2D eigenvalue weighted by Crippen LogP contribution is 2.08. The zero-order chi connectivity index (χ0) is 16.8. The van der Waals surface area contributed by atoms with E-state index >= 15 is 0 Å². The van der Waals surface area contributed by atoms with Crippen molar-refractivity contribution in [1.82, 2.24) is 16.0 Å². The first-order valence-electron chi connectivity index (χ1n) is 7.22. The lowest BCUT2D eigenvalue weighted by molar-refractivity contribution is -0.121. The second kappa shape index (κ2) is 7.77. The van der Waals surface area contributed by atoms with Gasteiger partial charge < -0.3 is 16.0 Å². The molecule has 0 aliphatic carbocycles. The smallest absolute Gasteiger partial charge is 0.239 e. The lowest BCUT2D eigenvalue weighted by Gasteiger charge is -2.21. The number of nitrogens with one attached hydrogen (secondary N) is 3. The molecule has 22 heavy (non-hydrogen) atoms. The van der Waals surface area contributed by atoms with Gasteiger partial charge in [-0.25, -0.2) is 4.39 Å². The quantitative estimate of drug-likeness (QED) is 0.586. The fraction of sp³-hybridized carbons (Fsp3) is 0.500. The van der Waals surface area contributed by atoms with E-state index in [1.165, 1.54) is 6.07 Å². The Hall–Kier alpha value is -2.11. The van der Waals surface area contributed by atoms with Gasteiger partial charge in [-0.2, -0.15) is 0 Å². The van der Waals surface area contributed by atoms with E-state index in [1.54, 1.807) is 26.1 Å². The van der Waals surface area contributed by atoms with Crippen molar-refractivity contribution in [2.75, 3.05) is 13.6 Å². The van der Waals surface area contributed by atoms with Gasteiger partial charge in [0.05, 0.1) is 6.54 Å². The fourth-order valence-corrected chi connectivity index (χ4v) is 1.85. The van der Waals surface area contributed by atoms with Gasteiger partial charge >= 0.3 is 0 Å². The molecule has 1 aromatic carbocycles. The number of guanidine groups is 1. The summed E-state index contributed by atoms with van der Waals surface area (Å²) in [4.78, 5) is 15.8. The van der Waals surface area contributed by atoms with Crippen LogP contribution in [0.2, 0.25) is 0 Å². The molecule has 0 bridgehead atoms. The topological polar surface area (TPSA) is 65.5 Å². The van der Waals surface area contributed by atoms with Gasteiger partial charge in [0.1, 0.15) is 5.82 Å². The Kier molecular flexibility index (Phi) is 6.34. The van der Waals surface area contributed by atoms with Crippen LogP contribution in [0.5, 0.6) is 0 Å². The average molecular weight is 308 g/mol. The molecule has 0 radical (unpaired) electrons. The van der Waals surface area contributed by atoms with E-state index in [0.29, 0.717) is 18.1 Å². The van der Waals surface area contributed by atoms with Gasteiger partial charge in [0.25, 0.3) is 0 Å². The second-order valence-corrected chi connectivity index (χ2v) is 6.16. The minimum Gasteiger partial charge on any atom is -0.352 e. The number of benzene rings is 1. The Morgan fingerprint density at radius 3 is 2.50 bits per heavy atom. The first-order valence-corrected chi connectivity index (χ1v) is 7.22. The largest absolute Gasteiger partial charge is 0.352 e. The average Bonchev–Trinajstić information content (AvgIpc) is 2.41. The maximum Gasteiger partial charge on any atom is 0.239 e. The van der Waals surface area contributed by atoms with Gasteiger partial charge in [-0.1, -0.05) is 12.1 Å². The molecule has 0 aromatic heterocycles. The summed E-state index contributed by atoms with van der Waals surface area (Å²) < 4.78 is 13.2. The van der Waals surface area contributed by atoms with E-state index in [2.05, 4.69) is 20.9 Å². The molecular weight excluding hydrogens is 283 g/mol. The van der Waals surface area contributed by atoms with E-state index in [4.69, 9.17) is 0 Å². The molecule has 0 atom stereocenters. The Bertz CT molecular complexity index is 550. The van der Waals surface area contributed by atoms with E-state index < -0.39 is 0 Å². The van der Waals surface area contributed by atoms with Crippen LogP contribution in [0.3, 0.4) is 0 Å². The SMILES string of the molecule is CN=C(NCC(=O)NC(C)(C)C)NCc1ccc(F)c(C)c1. The van der Waals surface area contributed by atoms with Crippen LogP contribution in [-0.2, 0) is 11.3 Å². The first kappa shape index (κ1) is 17.9. The van der Waals surface area contributed by atoms with Gasteiger partial charge in [0.15, 0.2) is 5.96 Å². The summed E-state index contributed by atoms with van der Waals surface area (Å²) in [6.45, 7) is 8.14. The maximum atomic E-state index is 13.2. The van der Waals surface area contributed by atoms with Gasteiger partial charge in [0, 0.05) is 19.1 Å². The molecule has 0 aliphatic heterocycles. The van der Waals surface area contributed by atoms with Crippen LogP contribution < -0.4 is 16.0 Å². The highest BCUT2D eigenvalue weighted by atomic mass is 19.1. The molecular formula is C16H25FN4O. The molecule has 1 aromatic rings. The van der Waals surface area contributed by atoms with Crippen molar-refractivity contribution < 1.29 is 9.18 Å². The Balaban J connectivity index is 2.46. The number of amides is 1. The van der Waals surface area contributed by atoms with Crippen LogP contribution in [-0.4, -0.2) is 31.0 Å². The van der Waals surface area contributed by atoms with Gasteiger partial charge in [-0.15, -0.1) is 0 Å². The summed E-state index contributed by atoms with van der Waals surface area (Å²) in [7, 11) is 1.63. The summed E-state index contributed by atoms with van der Waals surface area (Å²) in [6, 6.07) is 4.94. The highest BCUT2D eigenvalue weighted by molar-refractivity contribution is 5.86.